The highest BCUT2D eigenvalue weighted by Crippen LogP contribution is 2.29. The van der Waals surface area contributed by atoms with Crippen LogP contribution in [0.3, 0.4) is 0 Å². The number of carbonyl (C=O) groups is 1. The number of urea groups is 1. The van der Waals surface area contributed by atoms with Crippen molar-refractivity contribution >= 4 is 33.1 Å². The molecule has 2 heterocycles. The van der Waals surface area contributed by atoms with E-state index in [-0.39, 0.29) is 18.2 Å². The first-order valence-corrected chi connectivity index (χ1v) is 12.8. The zero-order chi connectivity index (χ0) is 23.8. The predicted molar refractivity (Wildman–Crippen MR) is 127 cm³/mol. The smallest absolute Gasteiger partial charge is 0.322 e. The number of rotatable bonds is 4. The number of hydrogen-bond donors (Lipinski definition) is 2. The van der Waals surface area contributed by atoms with Crippen molar-refractivity contribution in [1.82, 2.24) is 4.90 Å². The molecular formula is C23H29FN4O4S. The number of ether oxygens (including phenoxy) is 1. The molecule has 2 aromatic rings. The molecule has 0 spiro atoms. The Kier molecular flexibility index (Phi) is 6.49. The number of amides is 2. The van der Waals surface area contributed by atoms with Crippen LogP contribution in [0, 0.1) is 5.82 Å². The van der Waals surface area contributed by atoms with E-state index >= 15 is 0 Å². The number of fused-ring (bicyclic) bond motifs is 1. The molecule has 0 aliphatic carbocycles. The van der Waals surface area contributed by atoms with Crippen molar-refractivity contribution in [3.63, 3.8) is 0 Å². The molecule has 2 amide bonds. The van der Waals surface area contributed by atoms with Gasteiger partial charge in [0.1, 0.15) is 5.82 Å². The standard InChI is InChI=1S/C23H29FN4O4S/c1-15-12-28(13-16(2)32-15)22-8-7-18(11-20(22)24)25-23(29)27-10-9-19-17(14-27)5-4-6-21(19)26-33(3,30)31/h4-8,11,15-16,26H,9-10,12-14H2,1-3H3,(H,25,29)/t15-,16+. The van der Waals surface area contributed by atoms with Crippen molar-refractivity contribution in [3.8, 4) is 0 Å². The summed E-state index contributed by atoms with van der Waals surface area (Å²) >= 11 is 0. The molecule has 10 heteroatoms. The summed E-state index contributed by atoms with van der Waals surface area (Å²) in [7, 11) is -3.39. The van der Waals surface area contributed by atoms with Gasteiger partial charge in [-0.05, 0) is 55.7 Å². The molecule has 0 bridgehead atoms. The molecule has 2 atom stereocenters. The number of morpholine rings is 1. The van der Waals surface area contributed by atoms with Gasteiger partial charge in [0.05, 0.1) is 29.8 Å². The predicted octanol–water partition coefficient (Wildman–Crippen LogP) is 3.40. The van der Waals surface area contributed by atoms with E-state index in [4.69, 9.17) is 4.74 Å². The zero-order valence-electron chi connectivity index (χ0n) is 19.0. The average molecular weight is 477 g/mol. The monoisotopic (exact) mass is 476 g/mol. The van der Waals surface area contributed by atoms with Crippen LogP contribution in [-0.4, -0.2) is 57.4 Å². The minimum Gasteiger partial charge on any atom is -0.372 e. The first kappa shape index (κ1) is 23.3. The maximum Gasteiger partial charge on any atom is 0.322 e. The molecule has 2 aliphatic heterocycles. The third kappa shape index (κ3) is 5.56. The van der Waals surface area contributed by atoms with Crippen molar-refractivity contribution in [2.24, 2.45) is 0 Å². The molecule has 2 aromatic carbocycles. The number of nitrogens with zero attached hydrogens (tertiary/aromatic N) is 2. The second-order valence-electron chi connectivity index (χ2n) is 8.75. The Labute approximate surface area is 193 Å². The highest BCUT2D eigenvalue weighted by atomic mass is 32.2. The minimum absolute atomic E-state index is 0.0164. The Morgan fingerprint density at radius 3 is 2.55 bits per heavy atom. The highest BCUT2D eigenvalue weighted by molar-refractivity contribution is 7.92. The van der Waals surface area contributed by atoms with Crippen LogP contribution < -0.4 is 14.9 Å². The summed E-state index contributed by atoms with van der Waals surface area (Å²) in [4.78, 5) is 16.4. The second-order valence-corrected chi connectivity index (χ2v) is 10.5. The van der Waals surface area contributed by atoms with Crippen molar-refractivity contribution < 1.29 is 22.3 Å². The molecular weight excluding hydrogens is 447 g/mol. The average Bonchev–Trinajstić information content (AvgIpc) is 2.72. The fourth-order valence-electron chi connectivity index (χ4n) is 4.50. The van der Waals surface area contributed by atoms with Crippen molar-refractivity contribution in [2.75, 3.05) is 40.8 Å². The highest BCUT2D eigenvalue weighted by Gasteiger charge is 2.26. The summed E-state index contributed by atoms with van der Waals surface area (Å²) in [5, 5.41) is 2.78. The number of anilines is 3. The Balaban J connectivity index is 1.43. The summed E-state index contributed by atoms with van der Waals surface area (Å²) in [5.74, 6) is -0.394. The quantitative estimate of drug-likeness (QED) is 0.706. The van der Waals surface area contributed by atoms with Gasteiger partial charge in [-0.1, -0.05) is 12.1 Å². The van der Waals surface area contributed by atoms with E-state index in [0.29, 0.717) is 49.7 Å². The number of halogens is 1. The van der Waals surface area contributed by atoms with Crippen LogP contribution in [0.25, 0.3) is 0 Å². The van der Waals surface area contributed by atoms with E-state index in [1.807, 2.05) is 24.8 Å². The molecule has 2 aliphatic rings. The van der Waals surface area contributed by atoms with Crippen molar-refractivity contribution in [1.29, 1.82) is 0 Å². The van der Waals surface area contributed by atoms with Gasteiger partial charge in [-0.3, -0.25) is 4.72 Å². The number of hydrogen-bond acceptors (Lipinski definition) is 5. The third-order valence-electron chi connectivity index (χ3n) is 5.81. The van der Waals surface area contributed by atoms with Gasteiger partial charge in [0, 0.05) is 31.9 Å². The Morgan fingerprint density at radius 1 is 1.15 bits per heavy atom. The van der Waals surface area contributed by atoms with Crippen LogP contribution in [-0.2, 0) is 27.7 Å². The van der Waals surface area contributed by atoms with Crippen molar-refractivity contribution in [2.45, 2.75) is 39.0 Å². The van der Waals surface area contributed by atoms with Crippen LogP contribution >= 0.6 is 0 Å². The molecule has 1 fully saturated rings. The SMILES string of the molecule is C[C@@H]1CN(c2ccc(NC(=O)N3CCc4c(cccc4NS(C)(=O)=O)C3)cc2F)C[C@H](C)O1. The molecule has 178 valence electrons. The number of nitrogens with one attached hydrogen (secondary N) is 2. The van der Waals surface area contributed by atoms with Crippen LogP contribution in [0.5, 0.6) is 0 Å². The van der Waals surface area contributed by atoms with Gasteiger partial charge < -0.3 is 19.9 Å². The fraction of sp³-hybridized carbons (Fsp3) is 0.435. The molecule has 0 radical (unpaired) electrons. The normalized spacial score (nSPS) is 20.8. The Bertz CT molecular complexity index is 1150. The number of sulfonamides is 1. The lowest BCUT2D eigenvalue weighted by Crippen LogP contribution is -2.45. The van der Waals surface area contributed by atoms with E-state index in [9.17, 15) is 17.6 Å². The lowest BCUT2D eigenvalue weighted by Gasteiger charge is -2.37. The third-order valence-corrected chi connectivity index (χ3v) is 6.40. The van der Waals surface area contributed by atoms with Crippen molar-refractivity contribution in [3.05, 3.63) is 53.3 Å². The van der Waals surface area contributed by atoms with Gasteiger partial charge in [-0.2, -0.15) is 0 Å². The van der Waals surface area contributed by atoms with E-state index in [0.717, 1.165) is 17.4 Å². The van der Waals surface area contributed by atoms with Gasteiger partial charge >= 0.3 is 6.03 Å². The van der Waals surface area contributed by atoms with Crippen LogP contribution in [0.2, 0.25) is 0 Å². The number of benzene rings is 2. The van der Waals surface area contributed by atoms with Gasteiger partial charge in [0.2, 0.25) is 10.0 Å². The topological polar surface area (TPSA) is 91.0 Å². The maximum atomic E-state index is 14.9. The lowest BCUT2D eigenvalue weighted by molar-refractivity contribution is -0.00539. The molecule has 0 unspecified atom stereocenters. The molecule has 8 nitrogen and oxygen atoms in total. The second kappa shape index (κ2) is 9.18. The summed E-state index contributed by atoms with van der Waals surface area (Å²) in [5.41, 5.74) is 3.18. The lowest BCUT2D eigenvalue weighted by atomic mass is 9.98. The zero-order valence-corrected chi connectivity index (χ0v) is 19.8. The van der Waals surface area contributed by atoms with Crippen LogP contribution in [0.1, 0.15) is 25.0 Å². The number of carbonyl (C=O) groups excluding carboxylic acids is 1. The van der Waals surface area contributed by atoms with Crippen LogP contribution in [0.15, 0.2) is 36.4 Å². The van der Waals surface area contributed by atoms with E-state index in [1.54, 1.807) is 29.2 Å². The minimum atomic E-state index is -3.39. The molecule has 33 heavy (non-hydrogen) atoms. The largest absolute Gasteiger partial charge is 0.372 e. The van der Waals surface area contributed by atoms with E-state index in [2.05, 4.69) is 10.0 Å². The first-order valence-electron chi connectivity index (χ1n) is 10.9. The van der Waals surface area contributed by atoms with Gasteiger partial charge in [0.15, 0.2) is 0 Å². The van der Waals surface area contributed by atoms with E-state index < -0.39 is 15.8 Å². The summed E-state index contributed by atoms with van der Waals surface area (Å²) in [6, 6.07) is 9.75. The maximum absolute atomic E-state index is 14.9. The van der Waals surface area contributed by atoms with Gasteiger partial charge in [-0.15, -0.1) is 0 Å². The Hall–Kier alpha value is -2.85. The molecule has 1 saturated heterocycles. The Morgan fingerprint density at radius 2 is 1.88 bits per heavy atom. The first-order chi connectivity index (χ1) is 15.6. The summed E-state index contributed by atoms with van der Waals surface area (Å²) in [6.07, 6.45) is 1.66. The molecule has 4 rings (SSSR count). The van der Waals surface area contributed by atoms with E-state index in [1.165, 1.54) is 6.07 Å². The fourth-order valence-corrected chi connectivity index (χ4v) is 5.09. The van der Waals surface area contributed by atoms with Crippen LogP contribution in [0.4, 0.5) is 26.2 Å². The summed E-state index contributed by atoms with van der Waals surface area (Å²) < 4.78 is 46.4. The summed E-state index contributed by atoms with van der Waals surface area (Å²) in [6.45, 7) is 5.90. The molecule has 0 saturated carbocycles. The van der Waals surface area contributed by atoms with Gasteiger partial charge in [-0.25, -0.2) is 17.6 Å². The molecule has 2 N–H and O–H groups in total. The van der Waals surface area contributed by atoms with Gasteiger partial charge in [0.25, 0.3) is 0 Å². The molecule has 0 aromatic heterocycles.